The van der Waals surface area contributed by atoms with Crippen molar-refractivity contribution in [3.63, 3.8) is 0 Å². The Morgan fingerprint density at radius 1 is 0.788 bits per heavy atom. The molecule has 4 aromatic rings. The highest BCUT2D eigenvalue weighted by Gasteiger charge is 2.29. The molecule has 0 spiro atoms. The van der Waals surface area contributed by atoms with E-state index in [0.29, 0.717) is 11.3 Å². The van der Waals surface area contributed by atoms with Crippen LogP contribution in [0.2, 0.25) is 0 Å². The highest BCUT2D eigenvalue weighted by Crippen LogP contribution is 2.44. The van der Waals surface area contributed by atoms with Crippen molar-refractivity contribution in [1.82, 2.24) is 0 Å². The molecule has 0 atom stereocenters. The number of benzene rings is 4. The maximum absolute atomic E-state index is 13.2. The van der Waals surface area contributed by atoms with Crippen molar-refractivity contribution in [3.05, 3.63) is 113 Å². The molecule has 5 heteroatoms. The summed E-state index contributed by atoms with van der Waals surface area (Å²) in [4.78, 5) is 24.8. The summed E-state index contributed by atoms with van der Waals surface area (Å²) in [5, 5.41) is 9.45. The lowest BCUT2D eigenvalue weighted by atomic mass is 9.96. The summed E-state index contributed by atoms with van der Waals surface area (Å²) in [6, 6.07) is 27.8. The number of hydrogen-bond acceptors (Lipinski definition) is 4. The first-order valence-electron chi connectivity index (χ1n) is 10.6. The number of anilines is 1. The molecular weight excluding hydrogens is 414 g/mol. The number of carbonyl (C=O) groups excluding carboxylic acids is 1. The number of hydrogen-bond donors (Lipinski definition) is 2. The first-order chi connectivity index (χ1) is 16.0. The Morgan fingerprint density at radius 2 is 1.45 bits per heavy atom. The molecule has 5 rings (SSSR count). The molecule has 5 nitrogen and oxygen atoms in total. The van der Waals surface area contributed by atoms with Gasteiger partial charge in [-0.15, -0.1) is 0 Å². The number of aromatic carboxylic acids is 1. The minimum Gasteiger partial charge on any atom is -0.478 e. The van der Waals surface area contributed by atoms with E-state index in [0.717, 1.165) is 27.8 Å². The van der Waals surface area contributed by atoms with Gasteiger partial charge in [0.25, 0.3) is 0 Å². The van der Waals surface area contributed by atoms with E-state index in [-0.39, 0.29) is 23.7 Å². The predicted molar refractivity (Wildman–Crippen MR) is 127 cm³/mol. The van der Waals surface area contributed by atoms with Crippen LogP contribution in [0.25, 0.3) is 22.3 Å². The Balaban J connectivity index is 1.48. The van der Waals surface area contributed by atoms with Gasteiger partial charge in [0, 0.05) is 11.6 Å². The Morgan fingerprint density at radius 3 is 2.09 bits per heavy atom. The summed E-state index contributed by atoms with van der Waals surface area (Å²) >= 11 is 0. The summed E-state index contributed by atoms with van der Waals surface area (Å²) in [5.41, 5.74) is 12.5. The van der Waals surface area contributed by atoms with Crippen LogP contribution in [-0.2, 0) is 4.74 Å². The third-order valence-corrected chi connectivity index (χ3v) is 6.03. The van der Waals surface area contributed by atoms with Crippen LogP contribution in [0.5, 0.6) is 0 Å². The van der Waals surface area contributed by atoms with E-state index >= 15 is 0 Å². The number of ether oxygens (including phenoxy) is 1. The molecule has 0 aliphatic heterocycles. The van der Waals surface area contributed by atoms with Crippen LogP contribution in [0.3, 0.4) is 0 Å². The molecule has 33 heavy (non-hydrogen) atoms. The van der Waals surface area contributed by atoms with Crippen LogP contribution in [0.4, 0.5) is 5.69 Å². The average molecular weight is 435 g/mol. The quantitative estimate of drug-likeness (QED) is 0.314. The van der Waals surface area contributed by atoms with Crippen molar-refractivity contribution in [2.75, 3.05) is 12.3 Å². The van der Waals surface area contributed by atoms with E-state index in [9.17, 15) is 14.7 Å². The maximum Gasteiger partial charge on any atom is 0.338 e. The number of esters is 1. The van der Waals surface area contributed by atoms with E-state index in [1.165, 1.54) is 12.1 Å². The highest BCUT2D eigenvalue weighted by atomic mass is 16.5. The number of fused-ring (bicyclic) bond motifs is 3. The Hall–Kier alpha value is -4.38. The molecule has 0 unspecified atom stereocenters. The normalized spacial score (nSPS) is 12.1. The molecule has 0 fully saturated rings. The molecule has 3 N–H and O–H groups in total. The molecule has 162 valence electrons. The second-order valence-corrected chi connectivity index (χ2v) is 8.02. The second-order valence-electron chi connectivity index (χ2n) is 8.02. The molecule has 4 aromatic carbocycles. The zero-order chi connectivity index (χ0) is 22.9. The number of nitrogen functional groups attached to an aromatic ring is 1. The predicted octanol–water partition coefficient (Wildman–Crippen LogP) is 5.60. The van der Waals surface area contributed by atoms with Gasteiger partial charge in [-0.3, -0.25) is 0 Å². The largest absolute Gasteiger partial charge is 0.478 e. The lowest BCUT2D eigenvalue weighted by Crippen LogP contribution is -2.14. The van der Waals surface area contributed by atoms with Crippen molar-refractivity contribution in [2.24, 2.45) is 0 Å². The number of rotatable bonds is 5. The molecule has 0 aromatic heterocycles. The van der Waals surface area contributed by atoms with Crippen LogP contribution in [-0.4, -0.2) is 23.7 Å². The Labute approximate surface area is 191 Å². The van der Waals surface area contributed by atoms with E-state index in [2.05, 4.69) is 24.3 Å². The van der Waals surface area contributed by atoms with Gasteiger partial charge in [0.15, 0.2) is 0 Å². The molecule has 0 amide bonds. The summed E-state index contributed by atoms with van der Waals surface area (Å²) in [7, 11) is 0. The second kappa shape index (κ2) is 8.28. The van der Waals surface area contributed by atoms with Crippen molar-refractivity contribution >= 4 is 17.6 Å². The summed E-state index contributed by atoms with van der Waals surface area (Å²) in [6.07, 6.45) is 0. The molecule has 0 saturated carbocycles. The van der Waals surface area contributed by atoms with Gasteiger partial charge < -0.3 is 15.6 Å². The van der Waals surface area contributed by atoms with Gasteiger partial charge in [-0.25, -0.2) is 9.59 Å². The number of carboxylic acid groups (broad SMARTS) is 1. The third kappa shape index (κ3) is 3.74. The number of carbonyl (C=O) groups is 2. The summed E-state index contributed by atoms with van der Waals surface area (Å²) < 4.78 is 5.79. The maximum atomic E-state index is 13.2. The van der Waals surface area contributed by atoms with E-state index in [1.54, 1.807) is 24.3 Å². The Bertz CT molecular complexity index is 1350. The van der Waals surface area contributed by atoms with Gasteiger partial charge in [-0.2, -0.15) is 0 Å². The summed E-state index contributed by atoms with van der Waals surface area (Å²) in [6.45, 7) is 0.153. The molecule has 0 saturated heterocycles. The smallest absolute Gasteiger partial charge is 0.338 e. The minimum atomic E-state index is -1.11. The zero-order valence-electron chi connectivity index (χ0n) is 17.7. The standard InChI is InChI=1S/C28H21NO4/c29-19-7-5-6-17(14-19)20-13-12-18(27(30)31)15-25(20)28(32)33-16-26-23-10-3-1-8-21(23)22-9-2-4-11-24(22)26/h1-15,26H,16,29H2,(H,30,31). The SMILES string of the molecule is Nc1cccc(-c2ccc(C(=O)O)cc2C(=O)OCC2c3ccccc3-c3ccccc32)c1. The van der Waals surface area contributed by atoms with Gasteiger partial charge in [-0.1, -0.05) is 66.7 Å². The fourth-order valence-corrected chi connectivity index (χ4v) is 4.48. The van der Waals surface area contributed by atoms with Crippen LogP contribution >= 0.6 is 0 Å². The zero-order valence-corrected chi connectivity index (χ0v) is 17.7. The van der Waals surface area contributed by atoms with Crippen LogP contribution in [0.1, 0.15) is 37.8 Å². The molecule has 1 aliphatic carbocycles. The van der Waals surface area contributed by atoms with E-state index in [1.807, 2.05) is 30.3 Å². The first kappa shape index (κ1) is 20.5. The Kier molecular flexibility index (Phi) is 5.15. The van der Waals surface area contributed by atoms with Gasteiger partial charge >= 0.3 is 11.9 Å². The van der Waals surface area contributed by atoms with Crippen molar-refractivity contribution < 1.29 is 19.4 Å². The highest BCUT2D eigenvalue weighted by molar-refractivity contribution is 6.00. The average Bonchev–Trinajstić information content (AvgIpc) is 3.16. The van der Waals surface area contributed by atoms with Gasteiger partial charge in [0.1, 0.15) is 6.61 Å². The molecule has 0 heterocycles. The van der Waals surface area contributed by atoms with Crippen LogP contribution < -0.4 is 5.73 Å². The minimum absolute atomic E-state index is 0.0196. The van der Waals surface area contributed by atoms with Gasteiger partial charge in [0.05, 0.1) is 11.1 Å². The van der Waals surface area contributed by atoms with Crippen molar-refractivity contribution in [1.29, 1.82) is 0 Å². The van der Waals surface area contributed by atoms with Gasteiger partial charge in [-0.05, 0) is 57.6 Å². The monoisotopic (exact) mass is 435 g/mol. The fraction of sp³-hybridized carbons (Fsp3) is 0.0714. The molecular formula is C28H21NO4. The molecule has 0 bridgehead atoms. The van der Waals surface area contributed by atoms with Crippen molar-refractivity contribution in [3.8, 4) is 22.3 Å². The lowest BCUT2D eigenvalue weighted by Gasteiger charge is -2.16. The summed E-state index contributed by atoms with van der Waals surface area (Å²) in [5.74, 6) is -1.76. The topological polar surface area (TPSA) is 89.6 Å². The first-order valence-corrected chi connectivity index (χ1v) is 10.6. The van der Waals surface area contributed by atoms with Gasteiger partial charge in [0.2, 0.25) is 0 Å². The number of carboxylic acids is 1. The molecule has 0 radical (unpaired) electrons. The lowest BCUT2D eigenvalue weighted by molar-refractivity contribution is 0.0494. The van der Waals surface area contributed by atoms with Crippen LogP contribution in [0.15, 0.2) is 91.0 Å². The molecule has 1 aliphatic rings. The van der Waals surface area contributed by atoms with Crippen LogP contribution in [0, 0.1) is 0 Å². The van der Waals surface area contributed by atoms with E-state index < -0.39 is 11.9 Å². The van der Waals surface area contributed by atoms with Crippen molar-refractivity contribution in [2.45, 2.75) is 5.92 Å². The third-order valence-electron chi connectivity index (χ3n) is 6.03. The van der Waals surface area contributed by atoms with E-state index in [4.69, 9.17) is 10.5 Å². The fourth-order valence-electron chi connectivity index (χ4n) is 4.48. The number of nitrogens with two attached hydrogens (primary N) is 1.